The number of benzene rings is 1. The fourth-order valence-electron chi connectivity index (χ4n) is 2.27. The molecule has 0 bridgehead atoms. The van der Waals surface area contributed by atoms with Crippen molar-refractivity contribution in [3.63, 3.8) is 0 Å². The van der Waals surface area contributed by atoms with E-state index in [0.717, 1.165) is 11.1 Å². The quantitative estimate of drug-likeness (QED) is 0.849. The third kappa shape index (κ3) is 2.79. The van der Waals surface area contributed by atoms with Gasteiger partial charge in [0.25, 0.3) is 0 Å². The van der Waals surface area contributed by atoms with Gasteiger partial charge in [0, 0.05) is 5.54 Å². The lowest BCUT2D eigenvalue weighted by molar-refractivity contribution is -0.129. The molecule has 1 aliphatic carbocycles. The highest BCUT2D eigenvalue weighted by Gasteiger charge is 2.39. The van der Waals surface area contributed by atoms with Crippen molar-refractivity contribution in [2.45, 2.75) is 24.6 Å². The number of aliphatic hydroxyl groups is 1. The van der Waals surface area contributed by atoms with Crippen molar-refractivity contribution in [3.8, 4) is 0 Å². The molecule has 2 N–H and O–H groups in total. The highest BCUT2D eigenvalue weighted by atomic mass is 19.4. The number of hydrogen-bond acceptors (Lipinski definition) is 2. The predicted octanol–water partition coefficient (Wildman–Crippen LogP) is 1.67. The van der Waals surface area contributed by atoms with Gasteiger partial charge >= 0.3 is 6.18 Å². The van der Waals surface area contributed by atoms with Gasteiger partial charge in [-0.3, -0.25) is 0 Å². The summed E-state index contributed by atoms with van der Waals surface area (Å²) in [6.07, 6.45) is -3.37. The summed E-state index contributed by atoms with van der Waals surface area (Å²) in [4.78, 5) is 0. The second kappa shape index (κ2) is 4.31. The summed E-state index contributed by atoms with van der Waals surface area (Å²) in [5, 5.41) is 11.8. The van der Waals surface area contributed by atoms with E-state index in [1.54, 1.807) is 0 Å². The molecule has 0 heterocycles. The first-order valence-electron chi connectivity index (χ1n) is 5.44. The van der Waals surface area contributed by atoms with Crippen molar-refractivity contribution in [2.24, 2.45) is 0 Å². The molecule has 94 valence electrons. The third-order valence-electron chi connectivity index (χ3n) is 3.14. The summed E-state index contributed by atoms with van der Waals surface area (Å²) < 4.78 is 36.6. The molecule has 1 aromatic carbocycles. The Balaban J connectivity index is 2.10. The first-order chi connectivity index (χ1) is 7.94. The lowest BCUT2D eigenvalue weighted by Crippen LogP contribution is -2.52. The summed E-state index contributed by atoms with van der Waals surface area (Å²) >= 11 is 0. The molecule has 0 saturated carbocycles. The van der Waals surface area contributed by atoms with Gasteiger partial charge in [0.15, 0.2) is 0 Å². The SMILES string of the molecule is OCC1(NCC(F)(F)F)Cc2ccccc2C1. The van der Waals surface area contributed by atoms with Crippen LogP contribution in [0.2, 0.25) is 0 Å². The largest absolute Gasteiger partial charge is 0.401 e. The lowest BCUT2D eigenvalue weighted by Gasteiger charge is -2.28. The van der Waals surface area contributed by atoms with E-state index in [9.17, 15) is 18.3 Å². The Bertz CT molecular complexity index is 378. The summed E-state index contributed by atoms with van der Waals surface area (Å²) in [6, 6.07) is 7.50. The molecule has 0 atom stereocenters. The number of aliphatic hydroxyl groups excluding tert-OH is 1. The van der Waals surface area contributed by atoms with Crippen LogP contribution in [0.3, 0.4) is 0 Å². The molecular formula is C12H14F3NO. The minimum Gasteiger partial charge on any atom is -0.394 e. The molecule has 0 aromatic heterocycles. The van der Waals surface area contributed by atoms with Gasteiger partial charge in [-0.25, -0.2) is 0 Å². The summed E-state index contributed by atoms with van der Waals surface area (Å²) in [6.45, 7) is -1.36. The molecule has 2 rings (SSSR count). The smallest absolute Gasteiger partial charge is 0.394 e. The van der Waals surface area contributed by atoms with Gasteiger partial charge in [0.2, 0.25) is 0 Å². The second-order valence-electron chi connectivity index (χ2n) is 4.53. The van der Waals surface area contributed by atoms with Crippen LogP contribution in [-0.4, -0.2) is 30.0 Å². The molecule has 0 spiro atoms. The van der Waals surface area contributed by atoms with Gasteiger partial charge in [-0.15, -0.1) is 0 Å². The second-order valence-corrected chi connectivity index (χ2v) is 4.53. The summed E-state index contributed by atoms with van der Waals surface area (Å²) in [5.74, 6) is 0. The fourth-order valence-corrected chi connectivity index (χ4v) is 2.27. The molecule has 5 heteroatoms. The molecule has 0 amide bonds. The maximum Gasteiger partial charge on any atom is 0.401 e. The lowest BCUT2D eigenvalue weighted by atomic mass is 9.97. The number of halogens is 3. The molecule has 0 radical (unpaired) electrons. The Morgan fingerprint density at radius 2 is 1.71 bits per heavy atom. The summed E-state index contributed by atoms with van der Waals surface area (Å²) in [7, 11) is 0. The number of hydrogen-bond donors (Lipinski definition) is 2. The molecular weight excluding hydrogens is 231 g/mol. The average molecular weight is 245 g/mol. The first kappa shape index (κ1) is 12.4. The highest BCUT2D eigenvalue weighted by molar-refractivity contribution is 5.36. The van der Waals surface area contributed by atoms with Crippen LogP contribution in [0.1, 0.15) is 11.1 Å². The Hall–Kier alpha value is -1.07. The van der Waals surface area contributed by atoms with Crippen molar-refractivity contribution >= 4 is 0 Å². The van der Waals surface area contributed by atoms with Crippen LogP contribution in [0.5, 0.6) is 0 Å². The Morgan fingerprint density at radius 3 is 2.12 bits per heavy atom. The number of nitrogens with one attached hydrogen (secondary N) is 1. The van der Waals surface area contributed by atoms with E-state index >= 15 is 0 Å². The van der Waals surface area contributed by atoms with Gasteiger partial charge in [-0.05, 0) is 24.0 Å². The molecule has 0 fully saturated rings. The first-order valence-corrected chi connectivity index (χ1v) is 5.44. The molecule has 2 nitrogen and oxygen atoms in total. The van der Waals surface area contributed by atoms with Crippen LogP contribution >= 0.6 is 0 Å². The zero-order chi connectivity index (χ0) is 12.5. The fraction of sp³-hybridized carbons (Fsp3) is 0.500. The zero-order valence-electron chi connectivity index (χ0n) is 9.22. The van der Waals surface area contributed by atoms with Crippen molar-refractivity contribution in [1.29, 1.82) is 0 Å². The van der Waals surface area contributed by atoms with Crippen molar-refractivity contribution in [1.82, 2.24) is 5.32 Å². The van der Waals surface area contributed by atoms with Crippen LogP contribution in [0.15, 0.2) is 24.3 Å². The van der Waals surface area contributed by atoms with Crippen molar-refractivity contribution in [2.75, 3.05) is 13.2 Å². The molecule has 17 heavy (non-hydrogen) atoms. The van der Waals surface area contributed by atoms with Gasteiger partial charge < -0.3 is 10.4 Å². The molecule has 1 aromatic rings. The van der Waals surface area contributed by atoms with Crippen molar-refractivity contribution < 1.29 is 18.3 Å². The Morgan fingerprint density at radius 1 is 1.18 bits per heavy atom. The normalized spacial score (nSPS) is 18.1. The van der Waals surface area contributed by atoms with Gasteiger partial charge in [-0.2, -0.15) is 13.2 Å². The Kier molecular flexibility index (Phi) is 3.14. The minimum absolute atomic E-state index is 0.294. The van der Waals surface area contributed by atoms with E-state index in [-0.39, 0.29) is 6.61 Å². The molecule has 0 unspecified atom stereocenters. The van der Waals surface area contributed by atoms with Crippen LogP contribution in [0.4, 0.5) is 13.2 Å². The number of alkyl halides is 3. The molecule has 0 aliphatic heterocycles. The van der Waals surface area contributed by atoms with Gasteiger partial charge in [0.1, 0.15) is 0 Å². The summed E-state index contributed by atoms with van der Waals surface area (Å²) in [5.41, 5.74) is 1.16. The third-order valence-corrected chi connectivity index (χ3v) is 3.14. The van der Waals surface area contributed by atoms with Crippen LogP contribution < -0.4 is 5.32 Å². The minimum atomic E-state index is -4.25. The van der Waals surface area contributed by atoms with Gasteiger partial charge in [0.05, 0.1) is 13.2 Å². The topological polar surface area (TPSA) is 32.3 Å². The molecule has 0 saturated heterocycles. The maximum atomic E-state index is 12.2. The molecule has 1 aliphatic rings. The van der Waals surface area contributed by atoms with Crippen LogP contribution in [-0.2, 0) is 12.8 Å². The van der Waals surface area contributed by atoms with E-state index in [0.29, 0.717) is 12.8 Å². The van der Waals surface area contributed by atoms with Crippen LogP contribution in [0.25, 0.3) is 0 Å². The maximum absolute atomic E-state index is 12.2. The van der Waals surface area contributed by atoms with Crippen LogP contribution in [0, 0.1) is 0 Å². The van der Waals surface area contributed by atoms with E-state index < -0.39 is 18.3 Å². The zero-order valence-corrected chi connectivity index (χ0v) is 9.22. The highest BCUT2D eigenvalue weighted by Crippen LogP contribution is 2.30. The van der Waals surface area contributed by atoms with E-state index in [1.807, 2.05) is 24.3 Å². The standard InChI is InChI=1S/C12H14F3NO/c13-12(14,15)7-16-11(8-17)5-9-3-1-2-4-10(9)6-11/h1-4,16-17H,5-8H2. The number of rotatable bonds is 3. The number of fused-ring (bicyclic) bond motifs is 1. The van der Waals surface area contributed by atoms with E-state index in [2.05, 4.69) is 5.32 Å². The van der Waals surface area contributed by atoms with E-state index in [4.69, 9.17) is 0 Å². The predicted molar refractivity (Wildman–Crippen MR) is 57.7 cm³/mol. The van der Waals surface area contributed by atoms with Crippen molar-refractivity contribution in [3.05, 3.63) is 35.4 Å². The Labute approximate surface area is 97.5 Å². The van der Waals surface area contributed by atoms with Gasteiger partial charge in [-0.1, -0.05) is 24.3 Å². The average Bonchev–Trinajstić information content (AvgIpc) is 2.65. The monoisotopic (exact) mass is 245 g/mol. The van der Waals surface area contributed by atoms with E-state index in [1.165, 1.54) is 0 Å².